The average Bonchev–Trinajstić information content (AvgIpc) is 2.91. The van der Waals surface area contributed by atoms with Crippen LogP contribution < -0.4 is 16.1 Å². The topological polar surface area (TPSA) is 128 Å². The number of aryl methyl sites for hydroxylation is 1. The fourth-order valence-corrected chi connectivity index (χ4v) is 3.24. The van der Waals surface area contributed by atoms with Crippen LogP contribution in [0.4, 0.5) is 0 Å². The van der Waals surface area contributed by atoms with E-state index in [1.807, 2.05) is 60.7 Å². The van der Waals surface area contributed by atoms with Crippen LogP contribution >= 0.6 is 0 Å². The molecule has 8 nitrogen and oxygen atoms in total. The molecule has 0 saturated carbocycles. The SMILES string of the molecule is CNC(=O)CNC(=O)[C@H](Cc1ccc(-c2ccccc2)cc1)C(O)C(=O)NO.Cc1ccccc1. The van der Waals surface area contributed by atoms with Gasteiger partial charge >= 0.3 is 0 Å². The molecule has 2 atom stereocenters. The van der Waals surface area contributed by atoms with E-state index in [0.717, 1.165) is 11.1 Å². The summed E-state index contributed by atoms with van der Waals surface area (Å²) in [5.41, 5.74) is 5.40. The van der Waals surface area contributed by atoms with Crippen LogP contribution in [0, 0.1) is 12.8 Å². The minimum absolute atomic E-state index is 0.0449. The van der Waals surface area contributed by atoms with E-state index < -0.39 is 29.7 Å². The standard InChI is InChI=1S/C20H23N3O5.C7H8/c1-21-17(24)12-22-19(26)16(18(25)20(27)23-28)11-13-7-9-15(10-8-13)14-5-3-2-4-6-14;1-7-5-3-2-4-6-7/h2-10,16,18,25,28H,11-12H2,1H3,(H,21,24)(H,22,26)(H,23,27);2-6H,1H3/t16-,18?;/m1./s1. The van der Waals surface area contributed by atoms with E-state index in [1.54, 1.807) is 12.1 Å². The van der Waals surface area contributed by atoms with Gasteiger partial charge in [0.1, 0.15) is 6.10 Å². The molecule has 0 radical (unpaired) electrons. The Balaban J connectivity index is 0.000000527. The zero-order valence-corrected chi connectivity index (χ0v) is 19.8. The van der Waals surface area contributed by atoms with Gasteiger partial charge in [-0.05, 0) is 30.0 Å². The van der Waals surface area contributed by atoms with Gasteiger partial charge in [0.15, 0.2) is 0 Å². The van der Waals surface area contributed by atoms with Crippen LogP contribution in [0.1, 0.15) is 11.1 Å². The maximum absolute atomic E-state index is 12.4. The molecule has 0 heterocycles. The molecule has 3 aromatic carbocycles. The van der Waals surface area contributed by atoms with Gasteiger partial charge in [-0.2, -0.15) is 0 Å². The summed E-state index contributed by atoms with van der Waals surface area (Å²) in [5.74, 6) is -3.37. The summed E-state index contributed by atoms with van der Waals surface area (Å²) >= 11 is 0. The number of benzene rings is 3. The van der Waals surface area contributed by atoms with E-state index in [1.165, 1.54) is 18.1 Å². The molecule has 35 heavy (non-hydrogen) atoms. The molecule has 3 amide bonds. The monoisotopic (exact) mass is 477 g/mol. The van der Waals surface area contributed by atoms with Crippen molar-refractivity contribution in [3.05, 3.63) is 96.1 Å². The van der Waals surface area contributed by atoms with Crippen LogP contribution in [0.15, 0.2) is 84.9 Å². The normalized spacial score (nSPS) is 11.8. The minimum atomic E-state index is -1.77. The van der Waals surface area contributed by atoms with Gasteiger partial charge in [-0.15, -0.1) is 0 Å². The number of carbonyl (C=O) groups excluding carboxylic acids is 3. The minimum Gasteiger partial charge on any atom is -0.382 e. The van der Waals surface area contributed by atoms with Crippen molar-refractivity contribution in [1.29, 1.82) is 0 Å². The highest BCUT2D eigenvalue weighted by atomic mass is 16.5. The number of likely N-dealkylation sites (N-methyl/N-ethyl adjacent to an activating group) is 1. The quantitative estimate of drug-likeness (QED) is 0.251. The smallest absolute Gasteiger partial charge is 0.272 e. The lowest BCUT2D eigenvalue weighted by Gasteiger charge is -2.21. The van der Waals surface area contributed by atoms with Gasteiger partial charge in [0.2, 0.25) is 11.8 Å². The van der Waals surface area contributed by atoms with Gasteiger partial charge < -0.3 is 15.7 Å². The molecule has 0 aromatic heterocycles. The molecule has 5 N–H and O–H groups in total. The maximum Gasteiger partial charge on any atom is 0.272 e. The summed E-state index contributed by atoms with van der Waals surface area (Å²) in [6, 6.07) is 27.3. The second-order valence-electron chi connectivity index (χ2n) is 7.84. The molecule has 0 spiro atoms. The van der Waals surface area contributed by atoms with Crippen LogP contribution in [0.2, 0.25) is 0 Å². The fraction of sp³-hybridized carbons (Fsp3) is 0.222. The molecular weight excluding hydrogens is 446 g/mol. The van der Waals surface area contributed by atoms with Crippen molar-refractivity contribution in [1.82, 2.24) is 16.1 Å². The number of carbonyl (C=O) groups is 3. The summed E-state index contributed by atoms with van der Waals surface area (Å²) in [5, 5.41) is 23.6. The largest absolute Gasteiger partial charge is 0.382 e. The summed E-state index contributed by atoms with van der Waals surface area (Å²) in [6.07, 6.45) is -1.73. The highest BCUT2D eigenvalue weighted by Gasteiger charge is 2.32. The number of hydrogen-bond donors (Lipinski definition) is 5. The van der Waals surface area contributed by atoms with E-state index in [4.69, 9.17) is 5.21 Å². The number of rotatable bonds is 8. The Morgan fingerprint density at radius 1 is 0.800 bits per heavy atom. The van der Waals surface area contributed by atoms with Crippen molar-refractivity contribution in [3.63, 3.8) is 0 Å². The maximum atomic E-state index is 12.4. The molecule has 0 aliphatic carbocycles. The van der Waals surface area contributed by atoms with Crippen molar-refractivity contribution in [2.45, 2.75) is 19.4 Å². The zero-order chi connectivity index (χ0) is 25.6. The summed E-state index contributed by atoms with van der Waals surface area (Å²) in [4.78, 5) is 35.3. The molecule has 184 valence electrons. The van der Waals surface area contributed by atoms with Crippen LogP contribution in [-0.2, 0) is 20.8 Å². The van der Waals surface area contributed by atoms with Crippen LogP contribution in [0.5, 0.6) is 0 Å². The molecule has 3 aromatic rings. The first-order valence-corrected chi connectivity index (χ1v) is 11.1. The Kier molecular flexibility index (Phi) is 11.1. The van der Waals surface area contributed by atoms with Crippen LogP contribution in [0.3, 0.4) is 0 Å². The van der Waals surface area contributed by atoms with Gasteiger partial charge in [-0.3, -0.25) is 19.6 Å². The number of aliphatic hydroxyl groups is 1. The van der Waals surface area contributed by atoms with E-state index in [-0.39, 0.29) is 13.0 Å². The molecular formula is C27H31N3O5. The van der Waals surface area contributed by atoms with Crippen molar-refractivity contribution in [2.75, 3.05) is 13.6 Å². The Bertz CT molecular complexity index is 1070. The lowest BCUT2D eigenvalue weighted by Crippen LogP contribution is -2.47. The highest BCUT2D eigenvalue weighted by Crippen LogP contribution is 2.21. The van der Waals surface area contributed by atoms with E-state index in [9.17, 15) is 19.5 Å². The molecule has 0 fully saturated rings. The van der Waals surface area contributed by atoms with Crippen molar-refractivity contribution < 1.29 is 24.7 Å². The molecule has 0 saturated heterocycles. The Morgan fingerprint density at radius 3 is 1.83 bits per heavy atom. The predicted molar refractivity (Wildman–Crippen MR) is 133 cm³/mol. The number of aliphatic hydroxyl groups excluding tert-OH is 1. The fourth-order valence-electron chi connectivity index (χ4n) is 3.24. The van der Waals surface area contributed by atoms with Gasteiger partial charge in [0, 0.05) is 7.05 Å². The number of nitrogens with one attached hydrogen (secondary N) is 3. The van der Waals surface area contributed by atoms with E-state index >= 15 is 0 Å². The third-order valence-electron chi connectivity index (χ3n) is 5.26. The molecule has 1 unspecified atom stereocenters. The molecule has 0 aliphatic rings. The van der Waals surface area contributed by atoms with Gasteiger partial charge in [0.05, 0.1) is 12.5 Å². The predicted octanol–water partition coefficient (Wildman–Crippen LogP) is 2.24. The van der Waals surface area contributed by atoms with Crippen molar-refractivity contribution >= 4 is 17.7 Å². The first-order valence-electron chi connectivity index (χ1n) is 11.1. The van der Waals surface area contributed by atoms with Gasteiger partial charge in [0.25, 0.3) is 5.91 Å². The van der Waals surface area contributed by atoms with Crippen molar-refractivity contribution in [3.8, 4) is 11.1 Å². The van der Waals surface area contributed by atoms with Crippen LogP contribution in [0.25, 0.3) is 11.1 Å². The first-order chi connectivity index (χ1) is 16.8. The van der Waals surface area contributed by atoms with Crippen LogP contribution in [-0.4, -0.2) is 47.7 Å². The third kappa shape index (κ3) is 9.04. The third-order valence-corrected chi connectivity index (χ3v) is 5.26. The molecule has 3 rings (SSSR count). The summed E-state index contributed by atoms with van der Waals surface area (Å²) in [7, 11) is 1.42. The Morgan fingerprint density at radius 2 is 1.34 bits per heavy atom. The first kappa shape index (κ1) is 27.2. The van der Waals surface area contributed by atoms with E-state index in [0.29, 0.717) is 5.56 Å². The van der Waals surface area contributed by atoms with Gasteiger partial charge in [-0.25, -0.2) is 5.48 Å². The molecule has 8 heteroatoms. The molecule has 0 aliphatic heterocycles. The average molecular weight is 478 g/mol. The highest BCUT2D eigenvalue weighted by molar-refractivity contribution is 5.91. The van der Waals surface area contributed by atoms with E-state index in [2.05, 4.69) is 29.7 Å². The summed E-state index contributed by atoms with van der Waals surface area (Å²) in [6.45, 7) is 1.80. The second-order valence-corrected chi connectivity index (χ2v) is 7.84. The second kappa shape index (κ2) is 14.3. The zero-order valence-electron chi connectivity index (χ0n) is 19.8. The number of hydrogen-bond acceptors (Lipinski definition) is 5. The lowest BCUT2D eigenvalue weighted by atomic mass is 9.91. The number of amides is 3. The lowest BCUT2D eigenvalue weighted by molar-refractivity contribution is -0.146. The molecule has 0 bridgehead atoms. The number of hydroxylamine groups is 1. The Labute approximate surface area is 205 Å². The Hall–Kier alpha value is -4.01. The van der Waals surface area contributed by atoms with Crippen molar-refractivity contribution in [2.24, 2.45) is 5.92 Å². The summed E-state index contributed by atoms with van der Waals surface area (Å²) < 4.78 is 0. The van der Waals surface area contributed by atoms with Gasteiger partial charge in [-0.1, -0.05) is 90.5 Å².